The van der Waals surface area contributed by atoms with Gasteiger partial charge in [0.05, 0.1) is 12.3 Å². The van der Waals surface area contributed by atoms with E-state index in [1.165, 1.54) is 0 Å². The first-order valence-corrected chi connectivity index (χ1v) is 8.13. The fraction of sp³-hybridized carbons (Fsp3) is 0.312. The van der Waals surface area contributed by atoms with E-state index in [4.69, 9.17) is 22.1 Å². The zero-order chi connectivity index (χ0) is 15.8. The normalized spacial score (nSPS) is 12.0. The minimum absolute atomic E-state index is 0.0143. The molecule has 1 atom stereocenters. The fourth-order valence-electron chi connectivity index (χ4n) is 1.90. The van der Waals surface area contributed by atoms with Crippen LogP contribution in [0.15, 0.2) is 42.6 Å². The van der Waals surface area contributed by atoms with E-state index in [0.717, 1.165) is 22.7 Å². The van der Waals surface area contributed by atoms with Crippen LogP contribution in [0, 0.1) is 0 Å². The van der Waals surface area contributed by atoms with Gasteiger partial charge in [-0.25, -0.2) is 4.98 Å². The second-order valence-electron chi connectivity index (χ2n) is 4.87. The number of hydrogen-bond acceptors (Lipinski definition) is 5. The van der Waals surface area contributed by atoms with Crippen LogP contribution < -0.4 is 15.8 Å². The summed E-state index contributed by atoms with van der Waals surface area (Å²) in [5.74, 6) is 1.19. The van der Waals surface area contributed by atoms with Crippen LogP contribution in [0.1, 0.15) is 5.56 Å². The van der Waals surface area contributed by atoms with Crippen molar-refractivity contribution in [2.75, 3.05) is 24.2 Å². The summed E-state index contributed by atoms with van der Waals surface area (Å²) >= 11 is 10.3. The quantitative estimate of drug-likeness (QED) is 0.648. The summed E-state index contributed by atoms with van der Waals surface area (Å²) < 4.78 is 5.77. The molecular weight excluding hydrogens is 318 g/mol. The topological polar surface area (TPSA) is 60.2 Å². The molecule has 0 saturated carbocycles. The molecule has 2 rings (SSSR count). The van der Waals surface area contributed by atoms with Gasteiger partial charge in [-0.1, -0.05) is 29.8 Å². The predicted octanol–water partition coefficient (Wildman–Crippen LogP) is 3.03. The number of benzene rings is 1. The maximum absolute atomic E-state index is 6.13. The van der Waals surface area contributed by atoms with Crippen molar-refractivity contribution in [3.8, 4) is 5.88 Å². The van der Waals surface area contributed by atoms with Crippen molar-refractivity contribution in [2.24, 2.45) is 5.73 Å². The number of nitrogens with zero attached hydrogens (tertiary/aromatic N) is 1. The Morgan fingerprint density at radius 1 is 1.27 bits per heavy atom. The lowest BCUT2D eigenvalue weighted by Gasteiger charge is -2.14. The van der Waals surface area contributed by atoms with E-state index in [-0.39, 0.29) is 6.04 Å². The number of nitrogens with one attached hydrogen (secondary N) is 1. The summed E-state index contributed by atoms with van der Waals surface area (Å²) in [6.45, 7) is 1.13. The highest BCUT2D eigenvalue weighted by atomic mass is 35.5. The minimum Gasteiger partial charge on any atom is -0.476 e. The zero-order valence-electron chi connectivity index (χ0n) is 12.2. The highest BCUT2D eigenvalue weighted by Crippen LogP contribution is 2.21. The van der Waals surface area contributed by atoms with Crippen molar-refractivity contribution >= 4 is 29.9 Å². The SMILES string of the molecule is NC(CS)CNc1cccnc1OCCc1ccccc1Cl. The van der Waals surface area contributed by atoms with Crippen LogP contribution in [0.3, 0.4) is 0 Å². The van der Waals surface area contributed by atoms with Crippen LogP contribution in [0.2, 0.25) is 5.02 Å². The Kier molecular flexibility index (Phi) is 6.83. The predicted molar refractivity (Wildman–Crippen MR) is 95.2 cm³/mol. The number of rotatable bonds is 8. The first kappa shape index (κ1) is 16.9. The highest BCUT2D eigenvalue weighted by Gasteiger charge is 2.07. The molecule has 0 aliphatic heterocycles. The molecule has 1 aromatic heterocycles. The van der Waals surface area contributed by atoms with Crippen molar-refractivity contribution in [1.29, 1.82) is 0 Å². The van der Waals surface area contributed by atoms with Crippen molar-refractivity contribution in [3.63, 3.8) is 0 Å². The third kappa shape index (κ3) is 5.09. The molecule has 0 saturated heterocycles. The Balaban J connectivity index is 1.91. The van der Waals surface area contributed by atoms with Gasteiger partial charge in [0.15, 0.2) is 0 Å². The number of ether oxygens (including phenoxy) is 1. The van der Waals surface area contributed by atoms with Crippen LogP contribution >= 0.6 is 24.2 Å². The Bertz CT molecular complexity index is 597. The molecule has 2 aromatic rings. The lowest BCUT2D eigenvalue weighted by atomic mass is 10.2. The molecule has 6 heteroatoms. The molecule has 118 valence electrons. The Morgan fingerprint density at radius 2 is 2.09 bits per heavy atom. The largest absolute Gasteiger partial charge is 0.476 e. The lowest BCUT2D eigenvalue weighted by molar-refractivity contribution is 0.311. The third-order valence-electron chi connectivity index (χ3n) is 3.13. The molecule has 4 nitrogen and oxygen atoms in total. The fourth-order valence-corrected chi connectivity index (χ4v) is 2.26. The Labute approximate surface area is 141 Å². The Hall–Kier alpha value is -1.43. The zero-order valence-corrected chi connectivity index (χ0v) is 13.9. The van der Waals surface area contributed by atoms with Gasteiger partial charge >= 0.3 is 0 Å². The summed E-state index contributed by atoms with van der Waals surface area (Å²) in [6.07, 6.45) is 2.43. The summed E-state index contributed by atoms with van der Waals surface area (Å²) in [7, 11) is 0. The average Bonchev–Trinajstić information content (AvgIpc) is 2.55. The molecule has 1 unspecified atom stereocenters. The third-order valence-corrected chi connectivity index (χ3v) is 3.97. The molecule has 0 spiro atoms. The smallest absolute Gasteiger partial charge is 0.237 e. The number of thiol groups is 1. The maximum Gasteiger partial charge on any atom is 0.237 e. The molecule has 0 aliphatic carbocycles. The van der Waals surface area contributed by atoms with Crippen molar-refractivity contribution in [1.82, 2.24) is 4.98 Å². The minimum atomic E-state index is -0.0143. The van der Waals surface area contributed by atoms with Crippen LogP contribution in [0.4, 0.5) is 5.69 Å². The van der Waals surface area contributed by atoms with Gasteiger partial charge in [0.25, 0.3) is 0 Å². The van der Waals surface area contributed by atoms with Gasteiger partial charge in [-0.05, 0) is 23.8 Å². The van der Waals surface area contributed by atoms with E-state index >= 15 is 0 Å². The maximum atomic E-state index is 6.13. The number of anilines is 1. The lowest BCUT2D eigenvalue weighted by Crippen LogP contribution is -2.30. The molecule has 1 aromatic carbocycles. The molecule has 0 amide bonds. The van der Waals surface area contributed by atoms with E-state index in [1.807, 2.05) is 36.4 Å². The first-order chi connectivity index (χ1) is 10.7. The summed E-state index contributed by atoms with van der Waals surface area (Å²) in [4.78, 5) is 4.26. The standard InChI is InChI=1S/C16H20ClN3OS/c17-14-5-2-1-4-12(14)7-9-21-16-15(6-3-8-19-16)20-10-13(18)11-22/h1-6,8,13,20,22H,7,9-11,18H2. The van der Waals surface area contributed by atoms with Crippen LogP contribution in [-0.4, -0.2) is 29.9 Å². The number of pyridine rings is 1. The van der Waals surface area contributed by atoms with Crippen LogP contribution in [0.5, 0.6) is 5.88 Å². The summed E-state index contributed by atoms with van der Waals surface area (Å²) in [5.41, 5.74) is 7.74. The van der Waals surface area contributed by atoms with E-state index in [0.29, 0.717) is 24.8 Å². The highest BCUT2D eigenvalue weighted by molar-refractivity contribution is 7.80. The second-order valence-corrected chi connectivity index (χ2v) is 5.64. The molecular formula is C16H20ClN3OS. The van der Waals surface area contributed by atoms with Gasteiger partial charge in [0, 0.05) is 36.0 Å². The van der Waals surface area contributed by atoms with E-state index < -0.39 is 0 Å². The van der Waals surface area contributed by atoms with Crippen molar-refractivity contribution in [2.45, 2.75) is 12.5 Å². The van der Waals surface area contributed by atoms with Gasteiger partial charge in [-0.15, -0.1) is 0 Å². The molecule has 0 aliphatic rings. The van der Waals surface area contributed by atoms with Gasteiger partial charge in [0.1, 0.15) is 0 Å². The molecule has 0 radical (unpaired) electrons. The van der Waals surface area contributed by atoms with Gasteiger partial charge in [-0.3, -0.25) is 0 Å². The summed E-state index contributed by atoms with van der Waals surface area (Å²) in [5, 5.41) is 3.99. The number of aromatic nitrogens is 1. The molecule has 0 fully saturated rings. The van der Waals surface area contributed by atoms with Crippen LogP contribution in [0.25, 0.3) is 0 Å². The molecule has 0 bridgehead atoms. The summed E-state index contributed by atoms with van der Waals surface area (Å²) in [6, 6.07) is 11.5. The number of halogens is 1. The van der Waals surface area contributed by atoms with Crippen molar-refractivity contribution < 1.29 is 4.74 Å². The monoisotopic (exact) mass is 337 g/mol. The van der Waals surface area contributed by atoms with Crippen LogP contribution in [-0.2, 0) is 6.42 Å². The van der Waals surface area contributed by atoms with E-state index in [1.54, 1.807) is 6.20 Å². The molecule has 1 heterocycles. The van der Waals surface area contributed by atoms with E-state index in [2.05, 4.69) is 22.9 Å². The van der Waals surface area contributed by atoms with Crippen molar-refractivity contribution in [3.05, 3.63) is 53.2 Å². The first-order valence-electron chi connectivity index (χ1n) is 7.12. The van der Waals surface area contributed by atoms with Gasteiger partial charge in [0.2, 0.25) is 5.88 Å². The van der Waals surface area contributed by atoms with E-state index in [9.17, 15) is 0 Å². The number of hydrogen-bond donors (Lipinski definition) is 3. The Morgan fingerprint density at radius 3 is 2.86 bits per heavy atom. The van der Waals surface area contributed by atoms with Gasteiger partial charge < -0.3 is 15.8 Å². The average molecular weight is 338 g/mol. The van der Waals surface area contributed by atoms with Gasteiger partial charge in [-0.2, -0.15) is 12.6 Å². The molecule has 3 N–H and O–H groups in total. The molecule has 22 heavy (non-hydrogen) atoms. The second kappa shape index (κ2) is 8.88. The number of nitrogens with two attached hydrogens (primary N) is 1.